The molecule has 3 aromatic rings. The maximum Gasteiger partial charge on any atom is 0.271 e. The van der Waals surface area contributed by atoms with E-state index in [2.05, 4.69) is 5.32 Å². The van der Waals surface area contributed by atoms with Gasteiger partial charge >= 0.3 is 0 Å². The number of non-ortho nitro benzene ring substituents is 1. The molecule has 0 unspecified atom stereocenters. The van der Waals surface area contributed by atoms with Crippen molar-refractivity contribution >= 4 is 28.1 Å². The largest absolute Gasteiger partial charge is 0.453 e. The van der Waals surface area contributed by atoms with Crippen molar-refractivity contribution in [1.29, 1.82) is 0 Å². The Hall–Kier alpha value is -3.15. The molecule has 6 nitrogen and oxygen atoms in total. The number of nitrogens with one attached hydrogen (secondary N) is 1. The van der Waals surface area contributed by atoms with Crippen LogP contribution < -0.4 is 5.32 Å². The summed E-state index contributed by atoms with van der Waals surface area (Å²) < 4.78 is 5.51. The SMILES string of the molecule is Cc1ccc([N+](=O)[O-])cc1NCC(=O)c1cc2ccccc2o1. The van der Waals surface area contributed by atoms with Gasteiger partial charge in [-0.1, -0.05) is 24.3 Å². The highest BCUT2D eigenvalue weighted by Crippen LogP contribution is 2.23. The van der Waals surface area contributed by atoms with Crippen LogP contribution >= 0.6 is 0 Å². The first kappa shape index (κ1) is 14.8. The Bertz CT molecular complexity index is 865. The van der Waals surface area contributed by atoms with E-state index in [0.29, 0.717) is 11.3 Å². The second kappa shape index (κ2) is 5.92. The summed E-state index contributed by atoms with van der Waals surface area (Å²) in [5.74, 6) is 0.0499. The fraction of sp³-hybridized carbons (Fsp3) is 0.118. The van der Waals surface area contributed by atoms with Crippen LogP contribution in [0.5, 0.6) is 0 Å². The van der Waals surface area contributed by atoms with Gasteiger partial charge in [0, 0.05) is 23.2 Å². The molecule has 0 fully saturated rings. The van der Waals surface area contributed by atoms with Crippen LogP contribution in [0, 0.1) is 17.0 Å². The quantitative estimate of drug-likeness (QED) is 0.438. The minimum atomic E-state index is -0.467. The molecule has 6 heteroatoms. The minimum Gasteiger partial charge on any atom is -0.453 e. The Morgan fingerprint density at radius 3 is 2.74 bits per heavy atom. The predicted octanol–water partition coefficient (Wildman–Crippen LogP) is 3.94. The molecular weight excluding hydrogens is 296 g/mol. The number of rotatable bonds is 5. The van der Waals surface area contributed by atoms with Crippen LogP contribution in [-0.4, -0.2) is 17.3 Å². The van der Waals surface area contributed by atoms with Crippen LogP contribution in [0.2, 0.25) is 0 Å². The van der Waals surface area contributed by atoms with Crippen molar-refractivity contribution in [3.05, 3.63) is 70.0 Å². The topological polar surface area (TPSA) is 85.4 Å². The van der Waals surface area contributed by atoms with Gasteiger partial charge in [-0.3, -0.25) is 14.9 Å². The molecule has 1 aromatic heterocycles. The van der Waals surface area contributed by atoms with Gasteiger partial charge in [0.1, 0.15) is 5.58 Å². The Morgan fingerprint density at radius 1 is 1.22 bits per heavy atom. The van der Waals surface area contributed by atoms with Crippen LogP contribution in [0.3, 0.4) is 0 Å². The molecule has 1 heterocycles. The summed E-state index contributed by atoms with van der Waals surface area (Å²) in [6, 6.07) is 13.6. The number of hydrogen-bond donors (Lipinski definition) is 1. The molecule has 0 saturated carbocycles. The molecule has 0 aliphatic rings. The number of nitrogens with zero attached hydrogens (tertiary/aromatic N) is 1. The Balaban J connectivity index is 1.76. The van der Waals surface area contributed by atoms with Gasteiger partial charge in [0.2, 0.25) is 5.78 Å². The molecular formula is C17H14N2O4. The van der Waals surface area contributed by atoms with Crippen LogP contribution in [0.1, 0.15) is 16.1 Å². The second-order valence-corrected chi connectivity index (χ2v) is 5.18. The summed E-state index contributed by atoms with van der Waals surface area (Å²) in [6.07, 6.45) is 0. The Labute approximate surface area is 131 Å². The molecule has 3 rings (SSSR count). The molecule has 2 aromatic carbocycles. The Morgan fingerprint density at radius 2 is 2.00 bits per heavy atom. The average Bonchev–Trinajstić information content (AvgIpc) is 2.97. The summed E-state index contributed by atoms with van der Waals surface area (Å²) >= 11 is 0. The number of para-hydroxylation sites is 1. The number of fused-ring (bicyclic) bond motifs is 1. The molecule has 0 spiro atoms. The van der Waals surface area contributed by atoms with E-state index in [4.69, 9.17) is 4.42 Å². The fourth-order valence-corrected chi connectivity index (χ4v) is 2.30. The van der Waals surface area contributed by atoms with E-state index in [1.54, 1.807) is 18.2 Å². The second-order valence-electron chi connectivity index (χ2n) is 5.18. The average molecular weight is 310 g/mol. The number of benzene rings is 2. The highest BCUT2D eigenvalue weighted by atomic mass is 16.6. The first-order valence-corrected chi connectivity index (χ1v) is 7.05. The van der Waals surface area contributed by atoms with E-state index in [9.17, 15) is 14.9 Å². The van der Waals surface area contributed by atoms with Gasteiger partial charge in [0.15, 0.2) is 5.76 Å². The molecule has 0 bridgehead atoms. The first-order valence-electron chi connectivity index (χ1n) is 7.05. The van der Waals surface area contributed by atoms with Crippen molar-refractivity contribution in [1.82, 2.24) is 0 Å². The molecule has 0 atom stereocenters. The van der Waals surface area contributed by atoms with E-state index in [1.807, 2.05) is 25.1 Å². The lowest BCUT2D eigenvalue weighted by Gasteiger charge is -2.07. The molecule has 0 aliphatic carbocycles. The van der Waals surface area contributed by atoms with Gasteiger partial charge in [-0.05, 0) is 24.6 Å². The van der Waals surface area contributed by atoms with Gasteiger partial charge in [-0.2, -0.15) is 0 Å². The van der Waals surface area contributed by atoms with E-state index in [0.717, 1.165) is 10.9 Å². The van der Waals surface area contributed by atoms with Crippen LogP contribution in [-0.2, 0) is 0 Å². The normalized spacial score (nSPS) is 10.7. The summed E-state index contributed by atoms with van der Waals surface area (Å²) in [6.45, 7) is 1.82. The lowest BCUT2D eigenvalue weighted by atomic mass is 10.1. The smallest absolute Gasteiger partial charge is 0.271 e. The molecule has 23 heavy (non-hydrogen) atoms. The summed E-state index contributed by atoms with van der Waals surface area (Å²) in [4.78, 5) is 22.6. The van der Waals surface area contributed by atoms with E-state index in [1.165, 1.54) is 12.1 Å². The maximum atomic E-state index is 12.2. The van der Waals surface area contributed by atoms with Crippen LogP contribution in [0.15, 0.2) is 52.9 Å². The monoisotopic (exact) mass is 310 g/mol. The zero-order chi connectivity index (χ0) is 16.4. The number of ketones is 1. The van der Waals surface area contributed by atoms with Gasteiger partial charge in [-0.25, -0.2) is 0 Å². The maximum absolute atomic E-state index is 12.2. The number of carbonyl (C=O) groups is 1. The van der Waals surface area contributed by atoms with Crippen molar-refractivity contribution in [2.75, 3.05) is 11.9 Å². The van der Waals surface area contributed by atoms with Gasteiger partial charge < -0.3 is 9.73 Å². The fourth-order valence-electron chi connectivity index (χ4n) is 2.30. The number of hydrogen-bond acceptors (Lipinski definition) is 5. The highest BCUT2D eigenvalue weighted by molar-refractivity contribution is 6.00. The van der Waals surface area contributed by atoms with Gasteiger partial charge in [0.25, 0.3) is 5.69 Å². The first-order chi connectivity index (χ1) is 11.0. The van der Waals surface area contributed by atoms with E-state index >= 15 is 0 Å². The molecule has 0 amide bonds. The standard InChI is InChI=1S/C17H14N2O4/c1-11-6-7-13(19(21)22)9-14(11)18-10-15(20)17-8-12-4-2-3-5-16(12)23-17/h2-9,18H,10H2,1H3. The van der Waals surface area contributed by atoms with Crippen LogP contribution in [0.25, 0.3) is 11.0 Å². The number of nitro benzene ring substituents is 1. The predicted molar refractivity (Wildman–Crippen MR) is 86.9 cm³/mol. The molecule has 1 N–H and O–H groups in total. The van der Waals surface area contributed by atoms with Crippen molar-refractivity contribution < 1.29 is 14.1 Å². The minimum absolute atomic E-state index is 0.00182. The summed E-state index contributed by atoms with van der Waals surface area (Å²) in [5.41, 5.74) is 2.02. The number of furan rings is 1. The van der Waals surface area contributed by atoms with Crippen molar-refractivity contribution in [2.45, 2.75) is 6.92 Å². The van der Waals surface area contributed by atoms with Crippen molar-refractivity contribution in [3.63, 3.8) is 0 Å². The Kier molecular flexibility index (Phi) is 3.80. The lowest BCUT2D eigenvalue weighted by Crippen LogP contribution is -2.14. The zero-order valence-electron chi connectivity index (χ0n) is 12.4. The third kappa shape index (κ3) is 3.06. The highest BCUT2D eigenvalue weighted by Gasteiger charge is 2.14. The van der Waals surface area contributed by atoms with Gasteiger partial charge in [0.05, 0.1) is 11.5 Å². The lowest BCUT2D eigenvalue weighted by molar-refractivity contribution is -0.384. The third-order valence-electron chi connectivity index (χ3n) is 3.57. The van der Waals surface area contributed by atoms with Crippen molar-refractivity contribution in [2.24, 2.45) is 0 Å². The number of Topliss-reactive ketones (excluding diaryl/α,β-unsaturated/α-hetero) is 1. The molecule has 0 radical (unpaired) electrons. The molecule has 0 aliphatic heterocycles. The number of aryl methyl sites for hydroxylation is 1. The van der Waals surface area contributed by atoms with E-state index < -0.39 is 4.92 Å². The zero-order valence-corrected chi connectivity index (χ0v) is 12.4. The van der Waals surface area contributed by atoms with Gasteiger partial charge in [-0.15, -0.1) is 0 Å². The molecule has 0 saturated heterocycles. The van der Waals surface area contributed by atoms with E-state index in [-0.39, 0.29) is 23.8 Å². The number of nitro groups is 1. The number of carbonyl (C=O) groups excluding carboxylic acids is 1. The number of anilines is 1. The van der Waals surface area contributed by atoms with Crippen LogP contribution in [0.4, 0.5) is 11.4 Å². The van der Waals surface area contributed by atoms with Crippen molar-refractivity contribution in [3.8, 4) is 0 Å². The third-order valence-corrected chi connectivity index (χ3v) is 3.57. The summed E-state index contributed by atoms with van der Waals surface area (Å²) in [5, 5.41) is 14.6. The molecule has 116 valence electrons. The summed E-state index contributed by atoms with van der Waals surface area (Å²) in [7, 11) is 0.